The van der Waals surface area contributed by atoms with Crippen LogP contribution in [0.3, 0.4) is 0 Å². The number of halogens is 2. The van der Waals surface area contributed by atoms with Crippen molar-refractivity contribution in [3.05, 3.63) is 29.8 Å². The van der Waals surface area contributed by atoms with Gasteiger partial charge in [0.15, 0.2) is 0 Å². The van der Waals surface area contributed by atoms with E-state index in [0.717, 1.165) is 0 Å². The maximum atomic E-state index is 14.0. The van der Waals surface area contributed by atoms with Gasteiger partial charge in [0.25, 0.3) is 5.92 Å². The van der Waals surface area contributed by atoms with E-state index in [1.807, 2.05) is 0 Å². The van der Waals surface area contributed by atoms with Crippen molar-refractivity contribution in [1.29, 1.82) is 0 Å². The summed E-state index contributed by atoms with van der Waals surface area (Å²) in [4.78, 5) is 11.4. The average Bonchev–Trinajstić information content (AvgIpc) is 2.34. The first kappa shape index (κ1) is 13.7. The number of benzene rings is 1. The molecule has 4 nitrogen and oxygen atoms in total. The lowest BCUT2D eigenvalue weighted by molar-refractivity contribution is -0.218. The second-order valence-corrected chi connectivity index (χ2v) is 4.74. The molecule has 6 heteroatoms. The van der Waals surface area contributed by atoms with Crippen molar-refractivity contribution in [3.63, 3.8) is 0 Å². The third kappa shape index (κ3) is 2.40. The molecule has 1 aromatic rings. The number of phenolic OH excluding ortho intramolecular Hbond substituents is 1. The second kappa shape index (κ2) is 4.77. The van der Waals surface area contributed by atoms with Crippen molar-refractivity contribution in [1.82, 2.24) is 0 Å². The lowest BCUT2D eigenvalue weighted by Crippen LogP contribution is -2.55. The van der Waals surface area contributed by atoms with Crippen molar-refractivity contribution in [2.45, 2.75) is 18.8 Å². The van der Waals surface area contributed by atoms with Crippen LogP contribution in [0.25, 0.3) is 0 Å². The minimum atomic E-state index is -3.42. The van der Waals surface area contributed by atoms with Gasteiger partial charge >= 0.3 is 5.97 Å². The molecule has 1 fully saturated rings. The number of aliphatic carboxylic acids is 1. The Labute approximate surface area is 108 Å². The summed E-state index contributed by atoms with van der Waals surface area (Å²) < 4.78 is 32.7. The number of aromatic hydroxyl groups is 1. The van der Waals surface area contributed by atoms with Crippen molar-refractivity contribution in [3.8, 4) is 5.75 Å². The SMILES string of the molecule is O=C(O)C1(Cc2ccc(O)cc2)CCOCC1(F)F. The van der Waals surface area contributed by atoms with Gasteiger partial charge in [-0.15, -0.1) is 0 Å². The third-order valence-electron chi connectivity index (χ3n) is 3.51. The van der Waals surface area contributed by atoms with E-state index >= 15 is 0 Å². The fourth-order valence-corrected chi connectivity index (χ4v) is 2.29. The molecule has 0 amide bonds. The lowest BCUT2D eigenvalue weighted by atomic mass is 9.72. The quantitative estimate of drug-likeness (QED) is 0.884. The molecule has 2 rings (SSSR count). The zero-order valence-corrected chi connectivity index (χ0v) is 10.1. The van der Waals surface area contributed by atoms with Crippen LogP contribution in [0.15, 0.2) is 24.3 Å². The summed E-state index contributed by atoms with van der Waals surface area (Å²) in [6, 6.07) is 5.60. The van der Waals surface area contributed by atoms with E-state index in [4.69, 9.17) is 9.84 Å². The highest BCUT2D eigenvalue weighted by Crippen LogP contribution is 2.46. The summed E-state index contributed by atoms with van der Waals surface area (Å²) in [5, 5.41) is 18.4. The van der Waals surface area contributed by atoms with E-state index in [9.17, 15) is 18.7 Å². The number of carboxylic acids is 1. The van der Waals surface area contributed by atoms with E-state index in [-0.39, 0.29) is 25.2 Å². The second-order valence-electron chi connectivity index (χ2n) is 4.74. The molecule has 0 spiro atoms. The van der Waals surface area contributed by atoms with E-state index < -0.39 is 23.9 Å². The van der Waals surface area contributed by atoms with Gasteiger partial charge in [-0.1, -0.05) is 12.1 Å². The molecule has 0 aliphatic carbocycles. The van der Waals surface area contributed by atoms with Gasteiger partial charge in [0.05, 0.1) is 0 Å². The van der Waals surface area contributed by atoms with Crippen LogP contribution in [0.5, 0.6) is 5.75 Å². The summed E-state index contributed by atoms with van der Waals surface area (Å²) in [6.07, 6.45) is -0.533. The predicted molar refractivity (Wildman–Crippen MR) is 62.3 cm³/mol. The first-order chi connectivity index (χ1) is 8.87. The van der Waals surface area contributed by atoms with Gasteiger partial charge in [-0.05, 0) is 30.5 Å². The number of carboxylic acid groups (broad SMARTS) is 1. The van der Waals surface area contributed by atoms with Crippen molar-refractivity contribution < 1.29 is 28.5 Å². The maximum Gasteiger partial charge on any atom is 0.316 e. The Morgan fingerprint density at radius 2 is 1.95 bits per heavy atom. The van der Waals surface area contributed by atoms with Gasteiger partial charge in [0, 0.05) is 6.61 Å². The van der Waals surface area contributed by atoms with Crippen molar-refractivity contribution in [2.24, 2.45) is 5.41 Å². The predicted octanol–water partition coefficient (Wildman–Crippen LogP) is 2.06. The van der Waals surface area contributed by atoms with E-state index in [2.05, 4.69) is 0 Å². The Balaban J connectivity index is 2.34. The number of hydrogen-bond donors (Lipinski definition) is 2. The lowest BCUT2D eigenvalue weighted by Gasteiger charge is -2.40. The first-order valence-corrected chi connectivity index (χ1v) is 5.84. The molecule has 1 aliphatic heterocycles. The first-order valence-electron chi connectivity index (χ1n) is 5.84. The molecule has 104 valence electrons. The Morgan fingerprint density at radius 3 is 2.47 bits per heavy atom. The molecule has 0 saturated carbocycles. The number of ether oxygens (including phenoxy) is 1. The van der Waals surface area contributed by atoms with Crippen LogP contribution in [0.2, 0.25) is 0 Å². The molecule has 1 aliphatic rings. The van der Waals surface area contributed by atoms with Crippen LogP contribution < -0.4 is 0 Å². The monoisotopic (exact) mass is 272 g/mol. The Morgan fingerprint density at radius 1 is 1.32 bits per heavy atom. The molecule has 0 aromatic heterocycles. The molecule has 0 radical (unpaired) electrons. The largest absolute Gasteiger partial charge is 0.508 e. The smallest absolute Gasteiger partial charge is 0.316 e. The molecule has 1 atom stereocenters. The molecule has 1 unspecified atom stereocenters. The molecule has 1 saturated heterocycles. The van der Waals surface area contributed by atoms with Crippen LogP contribution in [0.4, 0.5) is 8.78 Å². The van der Waals surface area contributed by atoms with Gasteiger partial charge in [-0.3, -0.25) is 4.79 Å². The van der Waals surface area contributed by atoms with Gasteiger partial charge in [-0.25, -0.2) is 8.78 Å². The van der Waals surface area contributed by atoms with E-state index in [1.54, 1.807) is 0 Å². The Hall–Kier alpha value is -1.69. The van der Waals surface area contributed by atoms with Gasteiger partial charge < -0.3 is 14.9 Å². The number of phenols is 1. The fraction of sp³-hybridized carbons (Fsp3) is 0.462. The summed E-state index contributed by atoms with van der Waals surface area (Å²) in [5.41, 5.74) is -1.70. The highest BCUT2D eigenvalue weighted by molar-refractivity contribution is 5.76. The number of carbonyl (C=O) groups is 1. The molecule has 1 heterocycles. The minimum absolute atomic E-state index is 0.0000262. The highest BCUT2D eigenvalue weighted by Gasteiger charge is 2.60. The third-order valence-corrected chi connectivity index (χ3v) is 3.51. The van der Waals surface area contributed by atoms with Gasteiger partial charge in [0.1, 0.15) is 17.8 Å². The maximum absolute atomic E-state index is 14.0. The van der Waals surface area contributed by atoms with E-state index in [1.165, 1.54) is 24.3 Å². The normalized spacial score (nSPS) is 26.0. The van der Waals surface area contributed by atoms with Crippen LogP contribution in [0.1, 0.15) is 12.0 Å². The van der Waals surface area contributed by atoms with Crippen LogP contribution >= 0.6 is 0 Å². The van der Waals surface area contributed by atoms with Gasteiger partial charge in [-0.2, -0.15) is 0 Å². The molecular weight excluding hydrogens is 258 g/mol. The fourth-order valence-electron chi connectivity index (χ4n) is 2.29. The van der Waals surface area contributed by atoms with Crippen LogP contribution in [-0.2, 0) is 16.0 Å². The highest BCUT2D eigenvalue weighted by atomic mass is 19.3. The zero-order valence-electron chi connectivity index (χ0n) is 10.1. The zero-order chi connectivity index (χ0) is 14.1. The topological polar surface area (TPSA) is 66.8 Å². The summed E-state index contributed by atoms with van der Waals surface area (Å²) in [5.74, 6) is -4.93. The van der Waals surface area contributed by atoms with Crippen LogP contribution in [-0.4, -0.2) is 35.3 Å². The van der Waals surface area contributed by atoms with E-state index in [0.29, 0.717) is 5.56 Å². The summed E-state index contributed by atoms with van der Waals surface area (Å²) in [6.45, 7) is -0.878. The van der Waals surface area contributed by atoms with Crippen molar-refractivity contribution in [2.75, 3.05) is 13.2 Å². The number of alkyl halides is 2. The molecule has 0 bridgehead atoms. The Kier molecular flexibility index (Phi) is 3.45. The van der Waals surface area contributed by atoms with Crippen molar-refractivity contribution >= 4 is 5.97 Å². The van der Waals surface area contributed by atoms with Crippen LogP contribution in [0, 0.1) is 5.41 Å². The number of rotatable bonds is 3. The molecule has 1 aromatic carbocycles. The molecule has 19 heavy (non-hydrogen) atoms. The minimum Gasteiger partial charge on any atom is -0.508 e. The summed E-state index contributed by atoms with van der Waals surface area (Å²) >= 11 is 0. The average molecular weight is 272 g/mol. The molecular formula is C13H14F2O4. The van der Waals surface area contributed by atoms with Gasteiger partial charge in [0.2, 0.25) is 0 Å². The molecule has 2 N–H and O–H groups in total. The number of hydrogen-bond acceptors (Lipinski definition) is 3. The summed E-state index contributed by atoms with van der Waals surface area (Å²) in [7, 11) is 0. The standard InChI is InChI=1S/C13H14F2O4/c14-13(15)8-19-6-5-12(13,11(17)18)7-9-1-3-10(16)4-2-9/h1-4,16H,5-8H2,(H,17,18). The Bertz CT molecular complexity index is 472.